The summed E-state index contributed by atoms with van der Waals surface area (Å²) in [5.74, 6) is -0.569. The van der Waals surface area contributed by atoms with Gasteiger partial charge < -0.3 is 15.7 Å². The number of carbonyl (C=O) groups excluding carboxylic acids is 1. The Balaban J connectivity index is 2.26. The van der Waals surface area contributed by atoms with Crippen molar-refractivity contribution in [3.63, 3.8) is 0 Å². The predicted octanol–water partition coefficient (Wildman–Crippen LogP) is 0.852. The highest BCUT2D eigenvalue weighted by Crippen LogP contribution is 2.10. The normalized spacial score (nSPS) is 12.1. The van der Waals surface area contributed by atoms with E-state index in [0.29, 0.717) is 6.54 Å². The number of amides is 1. The van der Waals surface area contributed by atoms with E-state index in [-0.39, 0.29) is 17.4 Å². The molecule has 1 heterocycles. The Kier molecular flexibility index (Phi) is 6.17. The minimum absolute atomic E-state index is 0.0243. The molecule has 0 aliphatic carbocycles. The molecule has 0 fully saturated rings. The largest absolute Gasteiger partial charge is 0.480 e. The summed E-state index contributed by atoms with van der Waals surface area (Å²) in [6.45, 7) is 0.577. The quantitative estimate of drug-likeness (QED) is 0.777. The second-order valence-corrected chi connectivity index (χ2v) is 5.65. The van der Waals surface area contributed by atoms with Crippen LogP contribution in [0.25, 0.3) is 0 Å². The van der Waals surface area contributed by atoms with E-state index < -0.39 is 12.0 Å². The summed E-state index contributed by atoms with van der Waals surface area (Å²) in [6, 6.07) is 1.06. The van der Waals surface area contributed by atoms with Crippen molar-refractivity contribution in [1.29, 1.82) is 0 Å². The van der Waals surface area contributed by atoms with Crippen LogP contribution in [0.1, 0.15) is 5.56 Å². The van der Waals surface area contributed by atoms with Gasteiger partial charge in [0.25, 0.3) is 0 Å². The Bertz CT molecular complexity index is 395. The summed E-state index contributed by atoms with van der Waals surface area (Å²) < 4.78 is 0. The van der Waals surface area contributed by atoms with Gasteiger partial charge in [-0.05, 0) is 22.4 Å². The van der Waals surface area contributed by atoms with E-state index in [4.69, 9.17) is 10.8 Å². The van der Waals surface area contributed by atoms with E-state index in [0.717, 1.165) is 5.56 Å². The van der Waals surface area contributed by atoms with Crippen LogP contribution in [-0.2, 0) is 16.1 Å². The van der Waals surface area contributed by atoms with Gasteiger partial charge in [0.2, 0.25) is 5.91 Å². The Morgan fingerprint density at radius 3 is 2.89 bits per heavy atom. The Labute approximate surface area is 114 Å². The fourth-order valence-electron chi connectivity index (χ4n) is 1.20. The average molecular weight is 288 g/mol. The van der Waals surface area contributed by atoms with Crippen LogP contribution in [0.4, 0.5) is 0 Å². The third kappa shape index (κ3) is 5.07. The lowest BCUT2D eigenvalue weighted by atomic mass is 10.3. The van der Waals surface area contributed by atoms with Crippen molar-refractivity contribution >= 4 is 35.0 Å². The SMILES string of the molecule is CN(Cc1ccsc1)C(=O)CSCC(N)C(=O)O. The number of thioether (sulfide) groups is 1. The molecule has 0 spiro atoms. The molecule has 1 aromatic heterocycles. The zero-order valence-electron chi connectivity index (χ0n) is 10.0. The van der Waals surface area contributed by atoms with Gasteiger partial charge in [0.1, 0.15) is 6.04 Å². The number of carboxylic acid groups (broad SMARTS) is 1. The van der Waals surface area contributed by atoms with Gasteiger partial charge >= 0.3 is 5.97 Å². The fraction of sp³-hybridized carbons (Fsp3) is 0.455. The van der Waals surface area contributed by atoms with Crippen LogP contribution in [0.3, 0.4) is 0 Å². The molecule has 0 radical (unpaired) electrons. The fourth-order valence-corrected chi connectivity index (χ4v) is 2.77. The standard InChI is InChI=1S/C11H16N2O3S2/c1-13(4-8-2-3-17-5-8)10(14)7-18-6-9(12)11(15)16/h2-3,5,9H,4,6-7,12H2,1H3,(H,15,16). The van der Waals surface area contributed by atoms with Crippen molar-refractivity contribution < 1.29 is 14.7 Å². The molecule has 100 valence electrons. The zero-order valence-corrected chi connectivity index (χ0v) is 11.7. The van der Waals surface area contributed by atoms with Gasteiger partial charge in [-0.25, -0.2) is 0 Å². The molecular weight excluding hydrogens is 272 g/mol. The van der Waals surface area contributed by atoms with Gasteiger partial charge in [0.15, 0.2) is 0 Å². The summed E-state index contributed by atoms with van der Waals surface area (Å²) in [4.78, 5) is 23.9. The van der Waals surface area contributed by atoms with Crippen LogP contribution in [0, 0.1) is 0 Å². The number of rotatable bonds is 7. The molecule has 7 heteroatoms. The number of hydrogen-bond donors (Lipinski definition) is 2. The number of aliphatic carboxylic acids is 1. The molecule has 1 unspecified atom stereocenters. The minimum Gasteiger partial charge on any atom is -0.480 e. The second kappa shape index (κ2) is 7.40. The van der Waals surface area contributed by atoms with Gasteiger partial charge in [-0.1, -0.05) is 0 Å². The lowest BCUT2D eigenvalue weighted by Gasteiger charge is -2.16. The summed E-state index contributed by atoms with van der Waals surface area (Å²) in [6.07, 6.45) is 0. The molecule has 3 N–H and O–H groups in total. The van der Waals surface area contributed by atoms with E-state index >= 15 is 0 Å². The van der Waals surface area contributed by atoms with Gasteiger partial charge in [-0.2, -0.15) is 11.3 Å². The van der Waals surface area contributed by atoms with E-state index in [1.165, 1.54) is 11.8 Å². The summed E-state index contributed by atoms with van der Waals surface area (Å²) in [5.41, 5.74) is 6.44. The first-order chi connectivity index (χ1) is 8.50. The highest BCUT2D eigenvalue weighted by atomic mass is 32.2. The van der Waals surface area contributed by atoms with Crippen LogP contribution in [0.15, 0.2) is 16.8 Å². The molecule has 5 nitrogen and oxygen atoms in total. The van der Waals surface area contributed by atoms with E-state index in [1.807, 2.05) is 16.8 Å². The molecule has 1 rings (SSSR count). The Hall–Kier alpha value is -1.05. The molecule has 0 aromatic carbocycles. The Morgan fingerprint density at radius 1 is 1.61 bits per heavy atom. The molecule has 0 saturated heterocycles. The molecule has 1 aromatic rings. The highest BCUT2D eigenvalue weighted by Gasteiger charge is 2.14. The number of nitrogens with zero attached hydrogens (tertiary/aromatic N) is 1. The molecule has 1 atom stereocenters. The zero-order chi connectivity index (χ0) is 13.5. The minimum atomic E-state index is -1.04. The molecule has 1 amide bonds. The molecule has 0 bridgehead atoms. The van der Waals surface area contributed by atoms with Crippen molar-refractivity contribution in [3.8, 4) is 0 Å². The maximum absolute atomic E-state index is 11.7. The number of nitrogens with two attached hydrogens (primary N) is 1. The topological polar surface area (TPSA) is 83.6 Å². The second-order valence-electron chi connectivity index (χ2n) is 3.84. The maximum Gasteiger partial charge on any atom is 0.321 e. The van der Waals surface area contributed by atoms with Gasteiger partial charge in [-0.3, -0.25) is 9.59 Å². The smallest absolute Gasteiger partial charge is 0.321 e. The number of carboxylic acids is 1. The molecule has 18 heavy (non-hydrogen) atoms. The average Bonchev–Trinajstić information content (AvgIpc) is 2.81. The first-order valence-electron chi connectivity index (χ1n) is 5.32. The van der Waals surface area contributed by atoms with Crippen molar-refractivity contribution in [2.45, 2.75) is 12.6 Å². The summed E-state index contributed by atoms with van der Waals surface area (Å²) in [7, 11) is 1.73. The van der Waals surface area contributed by atoms with Crippen LogP contribution in [-0.4, -0.2) is 46.5 Å². The molecule has 0 aliphatic rings. The third-order valence-electron chi connectivity index (χ3n) is 2.27. The first-order valence-corrected chi connectivity index (χ1v) is 7.41. The van der Waals surface area contributed by atoms with E-state index in [1.54, 1.807) is 23.3 Å². The van der Waals surface area contributed by atoms with Crippen molar-refractivity contribution in [3.05, 3.63) is 22.4 Å². The third-order valence-corrected chi connectivity index (χ3v) is 4.04. The summed E-state index contributed by atoms with van der Waals surface area (Å²) in [5, 5.41) is 12.6. The van der Waals surface area contributed by atoms with Crippen LogP contribution >= 0.6 is 23.1 Å². The van der Waals surface area contributed by atoms with Crippen molar-refractivity contribution in [2.75, 3.05) is 18.6 Å². The summed E-state index contributed by atoms with van der Waals surface area (Å²) >= 11 is 2.84. The predicted molar refractivity (Wildman–Crippen MR) is 73.7 cm³/mol. The van der Waals surface area contributed by atoms with Crippen molar-refractivity contribution in [1.82, 2.24) is 4.90 Å². The monoisotopic (exact) mass is 288 g/mol. The molecule has 0 aliphatic heterocycles. The Morgan fingerprint density at radius 2 is 2.33 bits per heavy atom. The lowest BCUT2D eigenvalue weighted by molar-refractivity contribution is -0.138. The maximum atomic E-state index is 11.7. The van der Waals surface area contributed by atoms with E-state index in [9.17, 15) is 9.59 Å². The number of hydrogen-bond acceptors (Lipinski definition) is 5. The van der Waals surface area contributed by atoms with E-state index in [2.05, 4.69) is 0 Å². The number of carbonyl (C=O) groups is 2. The lowest BCUT2D eigenvalue weighted by Crippen LogP contribution is -2.34. The molecule has 0 saturated carbocycles. The van der Waals surface area contributed by atoms with Crippen LogP contribution < -0.4 is 5.73 Å². The van der Waals surface area contributed by atoms with Crippen LogP contribution in [0.5, 0.6) is 0 Å². The highest BCUT2D eigenvalue weighted by molar-refractivity contribution is 8.00. The van der Waals surface area contributed by atoms with Gasteiger partial charge in [-0.15, -0.1) is 11.8 Å². The van der Waals surface area contributed by atoms with Crippen molar-refractivity contribution in [2.24, 2.45) is 5.73 Å². The molecular formula is C11H16N2O3S2. The van der Waals surface area contributed by atoms with Gasteiger partial charge in [0.05, 0.1) is 5.75 Å². The van der Waals surface area contributed by atoms with Crippen LogP contribution in [0.2, 0.25) is 0 Å². The first kappa shape index (κ1) is 15.0. The van der Waals surface area contributed by atoms with Gasteiger partial charge in [0, 0.05) is 19.3 Å². The number of thiophene rings is 1.